The Balaban J connectivity index is 2.97. The minimum atomic E-state index is 0.921. The molecule has 0 aliphatic carbocycles. The SMILES string of the molecule is CCCC(C)CCSCNC. The molecule has 11 heavy (non-hydrogen) atoms. The largest absolute Gasteiger partial charge is 0.311 e. The van der Waals surface area contributed by atoms with Crippen LogP contribution in [0, 0.1) is 5.92 Å². The van der Waals surface area contributed by atoms with E-state index >= 15 is 0 Å². The van der Waals surface area contributed by atoms with Crippen LogP contribution in [0.25, 0.3) is 0 Å². The first-order valence-electron chi connectivity index (χ1n) is 4.53. The van der Waals surface area contributed by atoms with E-state index < -0.39 is 0 Å². The normalized spacial score (nSPS) is 13.4. The van der Waals surface area contributed by atoms with E-state index in [9.17, 15) is 0 Å². The van der Waals surface area contributed by atoms with Crippen molar-refractivity contribution in [3.05, 3.63) is 0 Å². The van der Waals surface area contributed by atoms with Crippen molar-refractivity contribution >= 4 is 11.8 Å². The highest BCUT2D eigenvalue weighted by molar-refractivity contribution is 7.99. The smallest absolute Gasteiger partial charge is 0.0415 e. The summed E-state index contributed by atoms with van der Waals surface area (Å²) in [6, 6.07) is 0. The Labute approximate surface area is 75.3 Å². The highest BCUT2D eigenvalue weighted by Crippen LogP contribution is 2.13. The number of rotatable bonds is 7. The average molecular weight is 175 g/mol. The Bertz CT molecular complexity index is 76.0. The predicted molar refractivity (Wildman–Crippen MR) is 55.1 cm³/mol. The Morgan fingerprint density at radius 2 is 2.09 bits per heavy atom. The first-order valence-corrected chi connectivity index (χ1v) is 5.69. The lowest BCUT2D eigenvalue weighted by Gasteiger charge is -2.08. The van der Waals surface area contributed by atoms with Crippen molar-refractivity contribution in [3.63, 3.8) is 0 Å². The predicted octanol–water partition coefficient (Wildman–Crippen LogP) is 2.72. The molecule has 0 saturated carbocycles. The van der Waals surface area contributed by atoms with Crippen LogP contribution in [-0.4, -0.2) is 18.7 Å². The van der Waals surface area contributed by atoms with E-state index in [1.54, 1.807) is 0 Å². The van der Waals surface area contributed by atoms with Gasteiger partial charge in [-0.2, -0.15) is 0 Å². The maximum Gasteiger partial charge on any atom is 0.0415 e. The van der Waals surface area contributed by atoms with Crippen LogP contribution in [0.5, 0.6) is 0 Å². The maximum absolute atomic E-state index is 3.14. The van der Waals surface area contributed by atoms with E-state index in [1.165, 1.54) is 25.0 Å². The molecule has 0 aliphatic rings. The Hall–Kier alpha value is 0.310. The van der Waals surface area contributed by atoms with Crippen LogP contribution >= 0.6 is 11.8 Å². The van der Waals surface area contributed by atoms with Crippen molar-refractivity contribution in [3.8, 4) is 0 Å². The van der Waals surface area contributed by atoms with Crippen LogP contribution in [0.15, 0.2) is 0 Å². The molecule has 0 amide bonds. The van der Waals surface area contributed by atoms with Gasteiger partial charge >= 0.3 is 0 Å². The standard InChI is InChI=1S/C9H21NS/c1-4-5-9(2)6-7-11-8-10-3/h9-10H,4-8H2,1-3H3. The van der Waals surface area contributed by atoms with Gasteiger partial charge in [-0.25, -0.2) is 0 Å². The molecule has 1 unspecified atom stereocenters. The summed E-state index contributed by atoms with van der Waals surface area (Å²) in [7, 11) is 2.00. The topological polar surface area (TPSA) is 12.0 Å². The summed E-state index contributed by atoms with van der Waals surface area (Å²) in [5.41, 5.74) is 0. The van der Waals surface area contributed by atoms with Crippen molar-refractivity contribution in [2.24, 2.45) is 5.92 Å². The molecule has 0 radical (unpaired) electrons. The van der Waals surface area contributed by atoms with Gasteiger partial charge in [0.05, 0.1) is 0 Å². The second kappa shape index (κ2) is 8.41. The van der Waals surface area contributed by atoms with E-state index in [0.717, 1.165) is 11.8 Å². The van der Waals surface area contributed by atoms with Gasteiger partial charge in [0.15, 0.2) is 0 Å². The lowest BCUT2D eigenvalue weighted by molar-refractivity contribution is 0.513. The van der Waals surface area contributed by atoms with Gasteiger partial charge in [0, 0.05) is 5.88 Å². The van der Waals surface area contributed by atoms with Crippen LogP contribution in [-0.2, 0) is 0 Å². The minimum absolute atomic E-state index is 0.921. The summed E-state index contributed by atoms with van der Waals surface area (Å²) < 4.78 is 0. The van der Waals surface area contributed by atoms with Gasteiger partial charge < -0.3 is 5.32 Å². The van der Waals surface area contributed by atoms with Gasteiger partial charge in [-0.1, -0.05) is 26.7 Å². The van der Waals surface area contributed by atoms with E-state index in [4.69, 9.17) is 0 Å². The Morgan fingerprint density at radius 1 is 1.36 bits per heavy atom. The fraction of sp³-hybridized carbons (Fsp3) is 1.00. The van der Waals surface area contributed by atoms with Crippen LogP contribution in [0.3, 0.4) is 0 Å². The molecule has 0 spiro atoms. The van der Waals surface area contributed by atoms with Gasteiger partial charge in [-0.3, -0.25) is 0 Å². The van der Waals surface area contributed by atoms with Crippen molar-refractivity contribution in [2.45, 2.75) is 33.1 Å². The lowest BCUT2D eigenvalue weighted by Crippen LogP contribution is -2.05. The van der Waals surface area contributed by atoms with E-state index in [0.29, 0.717) is 0 Å². The van der Waals surface area contributed by atoms with Gasteiger partial charge in [0.25, 0.3) is 0 Å². The molecular formula is C9H21NS. The third-order valence-corrected chi connectivity index (χ3v) is 2.80. The van der Waals surface area contributed by atoms with E-state index in [2.05, 4.69) is 19.2 Å². The molecular weight excluding hydrogens is 154 g/mol. The zero-order chi connectivity index (χ0) is 8.53. The van der Waals surface area contributed by atoms with Crippen molar-refractivity contribution in [2.75, 3.05) is 18.7 Å². The summed E-state index contributed by atoms with van der Waals surface area (Å²) in [6.07, 6.45) is 4.10. The summed E-state index contributed by atoms with van der Waals surface area (Å²) in [5, 5.41) is 3.14. The molecule has 0 aromatic rings. The minimum Gasteiger partial charge on any atom is -0.311 e. The molecule has 0 aliphatic heterocycles. The fourth-order valence-electron chi connectivity index (χ4n) is 1.10. The first-order chi connectivity index (χ1) is 5.31. The van der Waals surface area contributed by atoms with Crippen molar-refractivity contribution < 1.29 is 0 Å². The lowest BCUT2D eigenvalue weighted by atomic mass is 10.0. The third kappa shape index (κ3) is 8.21. The Kier molecular flexibility index (Phi) is 8.64. The molecule has 1 N–H and O–H groups in total. The summed E-state index contributed by atoms with van der Waals surface area (Å²) in [5.74, 6) is 3.32. The van der Waals surface area contributed by atoms with Crippen molar-refractivity contribution in [1.29, 1.82) is 0 Å². The van der Waals surface area contributed by atoms with E-state index in [-0.39, 0.29) is 0 Å². The molecule has 0 aromatic carbocycles. The van der Waals surface area contributed by atoms with E-state index in [1.807, 2.05) is 18.8 Å². The van der Waals surface area contributed by atoms with Gasteiger partial charge in [-0.05, 0) is 25.1 Å². The third-order valence-electron chi connectivity index (χ3n) is 1.78. The summed E-state index contributed by atoms with van der Waals surface area (Å²) in [4.78, 5) is 0. The maximum atomic E-state index is 3.14. The zero-order valence-corrected chi connectivity index (χ0v) is 8.84. The highest BCUT2D eigenvalue weighted by atomic mass is 32.2. The molecule has 0 saturated heterocycles. The molecule has 0 bridgehead atoms. The molecule has 1 atom stereocenters. The molecule has 0 heterocycles. The number of thioether (sulfide) groups is 1. The molecule has 1 nitrogen and oxygen atoms in total. The monoisotopic (exact) mass is 175 g/mol. The second-order valence-corrected chi connectivity index (χ2v) is 4.19. The number of hydrogen-bond donors (Lipinski definition) is 1. The van der Waals surface area contributed by atoms with Crippen LogP contribution in [0.2, 0.25) is 0 Å². The molecule has 0 rings (SSSR count). The number of hydrogen-bond acceptors (Lipinski definition) is 2. The molecule has 0 fully saturated rings. The second-order valence-electron chi connectivity index (χ2n) is 3.09. The molecule has 2 heteroatoms. The van der Waals surface area contributed by atoms with Crippen LogP contribution in [0.1, 0.15) is 33.1 Å². The highest BCUT2D eigenvalue weighted by Gasteiger charge is 1.98. The summed E-state index contributed by atoms with van der Waals surface area (Å²) in [6.45, 7) is 4.61. The molecule has 68 valence electrons. The van der Waals surface area contributed by atoms with Gasteiger partial charge in [0.2, 0.25) is 0 Å². The fourth-order valence-corrected chi connectivity index (χ4v) is 2.01. The van der Waals surface area contributed by atoms with Gasteiger partial charge in [-0.15, -0.1) is 11.8 Å². The quantitative estimate of drug-likeness (QED) is 0.471. The van der Waals surface area contributed by atoms with Crippen molar-refractivity contribution in [1.82, 2.24) is 5.32 Å². The first kappa shape index (κ1) is 11.3. The number of nitrogens with one attached hydrogen (secondary N) is 1. The van der Waals surface area contributed by atoms with Gasteiger partial charge in [0.1, 0.15) is 0 Å². The Morgan fingerprint density at radius 3 is 2.64 bits per heavy atom. The average Bonchev–Trinajstić information content (AvgIpc) is 1.99. The van der Waals surface area contributed by atoms with Crippen LogP contribution in [0.4, 0.5) is 0 Å². The zero-order valence-electron chi connectivity index (χ0n) is 8.02. The molecule has 0 aromatic heterocycles. The summed E-state index contributed by atoms with van der Waals surface area (Å²) >= 11 is 2.00. The van der Waals surface area contributed by atoms with Crippen LogP contribution < -0.4 is 5.32 Å².